The first-order valence-corrected chi connectivity index (χ1v) is 7.28. The molecule has 0 saturated heterocycles. The van der Waals surface area contributed by atoms with Gasteiger partial charge in [-0.3, -0.25) is 0 Å². The van der Waals surface area contributed by atoms with Gasteiger partial charge in [0.15, 0.2) is 0 Å². The Morgan fingerprint density at radius 3 is 2.45 bits per heavy atom. The van der Waals surface area contributed by atoms with Crippen molar-refractivity contribution in [2.75, 3.05) is 6.61 Å². The molecular formula is C12H17NO6S. The van der Waals surface area contributed by atoms with Crippen molar-refractivity contribution in [1.82, 2.24) is 4.72 Å². The standard InChI is InChI=1S/C12H17NO6S/c1-12(2,5-6-14)13-20(18,19)8-3-4-10(15)9(7-8)11(16)17/h3-4,7,13-15H,5-6H2,1-2H3,(H,16,17). The van der Waals surface area contributed by atoms with Gasteiger partial charge in [0.25, 0.3) is 0 Å². The lowest BCUT2D eigenvalue weighted by Crippen LogP contribution is -2.43. The van der Waals surface area contributed by atoms with E-state index in [1.165, 1.54) is 0 Å². The number of carboxylic acids is 1. The molecule has 0 aliphatic heterocycles. The molecule has 0 unspecified atom stereocenters. The average Bonchev–Trinajstić information content (AvgIpc) is 2.26. The lowest BCUT2D eigenvalue weighted by atomic mass is 10.0. The van der Waals surface area contributed by atoms with E-state index in [0.717, 1.165) is 18.2 Å². The Kier molecular flexibility index (Phi) is 4.74. The molecule has 0 aliphatic rings. The molecule has 7 nitrogen and oxygen atoms in total. The van der Waals surface area contributed by atoms with Gasteiger partial charge in [0.2, 0.25) is 10.0 Å². The van der Waals surface area contributed by atoms with E-state index in [0.29, 0.717) is 0 Å². The Morgan fingerprint density at radius 1 is 1.35 bits per heavy atom. The quantitative estimate of drug-likeness (QED) is 0.607. The van der Waals surface area contributed by atoms with E-state index in [2.05, 4.69) is 4.72 Å². The fourth-order valence-corrected chi connectivity index (χ4v) is 3.07. The molecule has 0 radical (unpaired) electrons. The smallest absolute Gasteiger partial charge is 0.339 e. The molecule has 0 heterocycles. The van der Waals surface area contributed by atoms with Crippen molar-refractivity contribution in [3.8, 4) is 5.75 Å². The Morgan fingerprint density at radius 2 is 1.95 bits per heavy atom. The molecule has 112 valence electrons. The van der Waals surface area contributed by atoms with Crippen LogP contribution < -0.4 is 4.72 Å². The third-order valence-corrected chi connectivity index (χ3v) is 4.35. The largest absolute Gasteiger partial charge is 0.507 e. The lowest BCUT2D eigenvalue weighted by molar-refractivity contribution is 0.0693. The van der Waals surface area contributed by atoms with Gasteiger partial charge in [-0.2, -0.15) is 0 Å². The highest BCUT2D eigenvalue weighted by Gasteiger charge is 2.26. The summed E-state index contributed by atoms with van der Waals surface area (Å²) in [4.78, 5) is 10.6. The molecule has 0 spiro atoms. The number of benzene rings is 1. The summed E-state index contributed by atoms with van der Waals surface area (Å²) in [5, 5.41) is 27.1. The van der Waals surface area contributed by atoms with Crippen LogP contribution in [-0.2, 0) is 10.0 Å². The van der Waals surface area contributed by atoms with E-state index >= 15 is 0 Å². The zero-order chi connectivity index (χ0) is 15.6. The van der Waals surface area contributed by atoms with E-state index in [4.69, 9.17) is 10.2 Å². The van der Waals surface area contributed by atoms with Crippen molar-refractivity contribution >= 4 is 16.0 Å². The molecule has 1 aromatic rings. The summed E-state index contributed by atoms with van der Waals surface area (Å²) < 4.78 is 26.7. The maximum absolute atomic E-state index is 12.1. The summed E-state index contributed by atoms with van der Waals surface area (Å²) in [5.74, 6) is -1.93. The Labute approximate surface area is 116 Å². The van der Waals surface area contributed by atoms with E-state index in [1.54, 1.807) is 13.8 Å². The van der Waals surface area contributed by atoms with Gasteiger partial charge in [0, 0.05) is 12.1 Å². The first-order chi connectivity index (χ1) is 9.09. The minimum atomic E-state index is -3.95. The molecule has 0 amide bonds. The van der Waals surface area contributed by atoms with Crippen LogP contribution in [0.25, 0.3) is 0 Å². The second-order valence-corrected chi connectivity index (χ2v) is 6.63. The second kappa shape index (κ2) is 5.78. The van der Waals surface area contributed by atoms with E-state index in [-0.39, 0.29) is 17.9 Å². The first-order valence-electron chi connectivity index (χ1n) is 5.80. The predicted octanol–water partition coefficient (Wildman–Crippen LogP) is 0.530. The molecule has 0 aromatic heterocycles. The van der Waals surface area contributed by atoms with Crippen LogP contribution in [0.2, 0.25) is 0 Å². The highest BCUT2D eigenvalue weighted by molar-refractivity contribution is 7.89. The van der Waals surface area contributed by atoms with Crippen molar-refractivity contribution in [3.05, 3.63) is 23.8 Å². The van der Waals surface area contributed by atoms with Crippen molar-refractivity contribution in [1.29, 1.82) is 0 Å². The van der Waals surface area contributed by atoms with E-state index < -0.39 is 32.8 Å². The molecule has 4 N–H and O–H groups in total. The number of aliphatic hydroxyl groups is 1. The number of carbonyl (C=O) groups is 1. The van der Waals surface area contributed by atoms with Crippen LogP contribution >= 0.6 is 0 Å². The third kappa shape index (κ3) is 3.92. The number of aromatic hydroxyl groups is 1. The number of carboxylic acid groups (broad SMARTS) is 1. The molecule has 1 rings (SSSR count). The van der Waals surface area contributed by atoms with Crippen molar-refractivity contribution in [3.63, 3.8) is 0 Å². The van der Waals surface area contributed by atoms with Crippen LogP contribution in [0.15, 0.2) is 23.1 Å². The highest BCUT2D eigenvalue weighted by atomic mass is 32.2. The van der Waals surface area contributed by atoms with Crippen molar-refractivity contribution in [2.45, 2.75) is 30.7 Å². The number of phenols is 1. The number of aliphatic hydroxyl groups excluding tert-OH is 1. The molecule has 0 saturated carbocycles. The predicted molar refractivity (Wildman–Crippen MR) is 71.2 cm³/mol. The maximum atomic E-state index is 12.1. The first kappa shape index (κ1) is 16.4. The third-order valence-electron chi connectivity index (χ3n) is 2.66. The summed E-state index contributed by atoms with van der Waals surface area (Å²) in [5.41, 5.74) is -1.37. The molecule has 0 aliphatic carbocycles. The highest BCUT2D eigenvalue weighted by Crippen LogP contribution is 2.22. The fourth-order valence-electron chi connectivity index (χ4n) is 1.61. The number of rotatable bonds is 6. The van der Waals surface area contributed by atoms with Crippen LogP contribution in [0, 0.1) is 0 Å². The molecular weight excluding hydrogens is 286 g/mol. The lowest BCUT2D eigenvalue weighted by Gasteiger charge is -2.25. The van der Waals surface area contributed by atoms with Crippen LogP contribution in [-0.4, -0.2) is 41.9 Å². The van der Waals surface area contributed by atoms with Gasteiger partial charge < -0.3 is 15.3 Å². The summed E-state index contributed by atoms with van der Waals surface area (Å²) in [6.07, 6.45) is 0.204. The SMILES string of the molecule is CC(C)(CCO)NS(=O)(=O)c1ccc(O)c(C(=O)O)c1. The van der Waals surface area contributed by atoms with Gasteiger partial charge >= 0.3 is 5.97 Å². The van der Waals surface area contributed by atoms with Crippen LogP contribution in [0.5, 0.6) is 5.75 Å². The summed E-state index contributed by atoms with van der Waals surface area (Å²) in [6.45, 7) is 3.00. The summed E-state index contributed by atoms with van der Waals surface area (Å²) in [7, 11) is -3.95. The molecule has 1 aromatic carbocycles. The zero-order valence-electron chi connectivity index (χ0n) is 11.1. The monoisotopic (exact) mass is 303 g/mol. The van der Waals surface area contributed by atoms with Gasteiger partial charge in [-0.25, -0.2) is 17.9 Å². The van der Waals surface area contributed by atoms with Crippen LogP contribution in [0.4, 0.5) is 0 Å². The summed E-state index contributed by atoms with van der Waals surface area (Å²) >= 11 is 0. The van der Waals surface area contributed by atoms with Gasteiger partial charge in [-0.15, -0.1) is 0 Å². The number of hydrogen-bond acceptors (Lipinski definition) is 5. The number of hydrogen-bond donors (Lipinski definition) is 4. The molecule has 0 bridgehead atoms. The van der Waals surface area contributed by atoms with Gasteiger partial charge in [-0.05, 0) is 38.5 Å². The summed E-state index contributed by atoms with van der Waals surface area (Å²) in [6, 6.07) is 3.01. The molecule has 20 heavy (non-hydrogen) atoms. The minimum absolute atomic E-state index is 0.189. The number of sulfonamides is 1. The zero-order valence-corrected chi connectivity index (χ0v) is 11.9. The Bertz CT molecular complexity index is 608. The van der Waals surface area contributed by atoms with Crippen molar-refractivity contribution in [2.24, 2.45) is 0 Å². The van der Waals surface area contributed by atoms with Crippen LogP contribution in [0.3, 0.4) is 0 Å². The topological polar surface area (TPSA) is 124 Å². The molecule has 0 atom stereocenters. The number of aromatic carboxylic acids is 1. The maximum Gasteiger partial charge on any atom is 0.339 e. The van der Waals surface area contributed by atoms with Crippen molar-refractivity contribution < 1.29 is 28.5 Å². The van der Waals surface area contributed by atoms with Gasteiger partial charge in [0.1, 0.15) is 11.3 Å². The Balaban J connectivity index is 3.17. The van der Waals surface area contributed by atoms with E-state index in [9.17, 15) is 18.3 Å². The normalized spacial score (nSPS) is 12.3. The van der Waals surface area contributed by atoms with Gasteiger partial charge in [0.05, 0.1) is 4.90 Å². The minimum Gasteiger partial charge on any atom is -0.507 e. The number of nitrogens with one attached hydrogen (secondary N) is 1. The van der Waals surface area contributed by atoms with Gasteiger partial charge in [-0.1, -0.05) is 0 Å². The average molecular weight is 303 g/mol. The van der Waals surface area contributed by atoms with E-state index in [1.807, 2.05) is 0 Å². The Hall–Kier alpha value is -1.64. The molecule has 8 heteroatoms. The fraction of sp³-hybridized carbons (Fsp3) is 0.417. The molecule has 0 fully saturated rings. The second-order valence-electron chi connectivity index (χ2n) is 4.95. The van der Waals surface area contributed by atoms with Crippen LogP contribution in [0.1, 0.15) is 30.6 Å².